The van der Waals surface area contributed by atoms with E-state index in [-0.39, 0.29) is 11.1 Å². The van der Waals surface area contributed by atoms with Crippen molar-refractivity contribution >= 4 is 6.03 Å². The van der Waals surface area contributed by atoms with Crippen molar-refractivity contribution in [1.29, 1.82) is 0 Å². The van der Waals surface area contributed by atoms with Crippen molar-refractivity contribution in [2.45, 2.75) is 68.5 Å². The molecule has 5 rings (SSSR count). The Kier molecular flexibility index (Phi) is 5.30. The molecule has 0 unspecified atom stereocenters. The fraction of sp³-hybridized carbons (Fsp3) is 0.720. The maximum atomic E-state index is 13.6. The van der Waals surface area contributed by atoms with E-state index in [2.05, 4.69) is 59.1 Å². The van der Waals surface area contributed by atoms with Crippen LogP contribution in [0, 0.1) is 5.92 Å². The molecule has 2 aliphatic carbocycles. The van der Waals surface area contributed by atoms with Crippen molar-refractivity contribution in [2.75, 3.05) is 40.4 Å². The molecular formula is C25H37N3O2. The summed E-state index contributed by atoms with van der Waals surface area (Å²) in [6.07, 6.45) is 8.98. The fourth-order valence-electron chi connectivity index (χ4n) is 6.24. The summed E-state index contributed by atoms with van der Waals surface area (Å²) in [5, 5.41) is 0. The van der Waals surface area contributed by atoms with E-state index < -0.39 is 0 Å². The Hall–Kier alpha value is -1.59. The van der Waals surface area contributed by atoms with E-state index >= 15 is 0 Å². The van der Waals surface area contributed by atoms with Gasteiger partial charge in [0.05, 0.1) is 5.54 Å². The Balaban J connectivity index is 1.40. The van der Waals surface area contributed by atoms with Crippen molar-refractivity contribution in [3.8, 4) is 0 Å². The summed E-state index contributed by atoms with van der Waals surface area (Å²) in [4.78, 5) is 20.6. The number of benzene rings is 1. The average Bonchev–Trinajstić information content (AvgIpc) is 3.57. The number of hydrogen-bond acceptors (Lipinski definition) is 3. The van der Waals surface area contributed by atoms with Crippen molar-refractivity contribution in [3.63, 3.8) is 0 Å². The highest BCUT2D eigenvalue weighted by molar-refractivity contribution is 5.79. The molecular weight excluding hydrogens is 374 g/mol. The molecule has 1 spiro atoms. The van der Waals surface area contributed by atoms with Gasteiger partial charge in [-0.3, -0.25) is 4.90 Å². The molecule has 5 heteroatoms. The number of urea groups is 1. The Morgan fingerprint density at radius 1 is 1.00 bits per heavy atom. The Bertz CT molecular complexity index is 747. The highest BCUT2D eigenvalue weighted by Crippen LogP contribution is 2.50. The van der Waals surface area contributed by atoms with Gasteiger partial charge in [-0.1, -0.05) is 30.3 Å². The SMILES string of the molecule is CN(C)[C@]1(c2ccccc2)CC[C@]2(CC1)CN(C1CCOCC1)C(=O)N2CC1CC1. The van der Waals surface area contributed by atoms with E-state index in [1.807, 2.05) is 0 Å². The second-order valence-electron chi connectivity index (χ2n) is 10.3. The Morgan fingerprint density at radius 3 is 2.27 bits per heavy atom. The number of nitrogens with zero attached hydrogens (tertiary/aromatic N) is 3. The summed E-state index contributed by atoms with van der Waals surface area (Å²) in [6, 6.07) is 11.7. The van der Waals surface area contributed by atoms with Gasteiger partial charge in [-0.2, -0.15) is 0 Å². The van der Waals surface area contributed by atoms with E-state index in [4.69, 9.17) is 4.74 Å². The summed E-state index contributed by atoms with van der Waals surface area (Å²) in [5.74, 6) is 0.732. The molecule has 4 fully saturated rings. The lowest BCUT2D eigenvalue weighted by Crippen LogP contribution is -2.55. The average molecular weight is 412 g/mol. The quantitative estimate of drug-likeness (QED) is 0.732. The van der Waals surface area contributed by atoms with Crippen LogP contribution in [0.2, 0.25) is 0 Å². The summed E-state index contributed by atoms with van der Waals surface area (Å²) in [6.45, 7) is 3.48. The number of carbonyl (C=O) groups excluding carboxylic acids is 1. The standard InChI is InChI=1S/C25H37N3O2/c1-26(2)25(21-6-4-3-5-7-21)14-12-24(13-15-25)19-27(22-10-16-30-17-11-22)23(29)28(24)18-20-8-9-20/h3-7,20,22H,8-19H2,1-2H3/t24-,25+. The van der Waals surface area contributed by atoms with Gasteiger partial charge in [0.1, 0.15) is 0 Å². The zero-order valence-corrected chi connectivity index (χ0v) is 18.7. The highest BCUT2D eigenvalue weighted by Gasteiger charge is 2.56. The van der Waals surface area contributed by atoms with Gasteiger partial charge in [-0.15, -0.1) is 0 Å². The smallest absolute Gasteiger partial charge is 0.320 e. The summed E-state index contributed by atoms with van der Waals surface area (Å²) < 4.78 is 5.58. The minimum Gasteiger partial charge on any atom is -0.381 e. The number of ether oxygens (including phenoxy) is 1. The van der Waals surface area contributed by atoms with Gasteiger partial charge < -0.3 is 14.5 Å². The van der Waals surface area contributed by atoms with Gasteiger partial charge in [0.25, 0.3) is 0 Å². The molecule has 2 heterocycles. The van der Waals surface area contributed by atoms with Crippen molar-refractivity contribution in [1.82, 2.24) is 14.7 Å². The van der Waals surface area contributed by atoms with Crippen LogP contribution in [0.4, 0.5) is 4.79 Å². The number of amides is 2. The topological polar surface area (TPSA) is 36.0 Å². The molecule has 2 saturated carbocycles. The third-order valence-corrected chi connectivity index (χ3v) is 8.46. The van der Waals surface area contributed by atoms with E-state index in [9.17, 15) is 4.79 Å². The lowest BCUT2D eigenvalue weighted by molar-refractivity contribution is 0.0195. The molecule has 2 saturated heterocycles. The maximum absolute atomic E-state index is 13.6. The largest absolute Gasteiger partial charge is 0.381 e. The van der Waals surface area contributed by atoms with Crippen LogP contribution >= 0.6 is 0 Å². The molecule has 0 atom stereocenters. The zero-order chi connectivity index (χ0) is 20.8. The van der Waals surface area contributed by atoms with E-state index in [1.165, 1.54) is 18.4 Å². The molecule has 0 N–H and O–H groups in total. The van der Waals surface area contributed by atoms with E-state index in [0.29, 0.717) is 12.1 Å². The number of rotatable bonds is 5. The molecule has 30 heavy (non-hydrogen) atoms. The molecule has 2 amide bonds. The predicted molar refractivity (Wildman–Crippen MR) is 118 cm³/mol. The molecule has 5 nitrogen and oxygen atoms in total. The molecule has 0 bridgehead atoms. The van der Waals surface area contributed by atoms with Crippen LogP contribution in [0.15, 0.2) is 30.3 Å². The van der Waals surface area contributed by atoms with Crippen molar-refractivity contribution < 1.29 is 9.53 Å². The molecule has 1 aromatic rings. The normalized spacial score (nSPS) is 33.1. The second-order valence-corrected chi connectivity index (χ2v) is 10.3. The first-order valence-corrected chi connectivity index (χ1v) is 11.9. The first kappa shape index (κ1) is 20.3. The first-order valence-electron chi connectivity index (χ1n) is 11.9. The lowest BCUT2D eigenvalue weighted by Gasteiger charge is -2.51. The van der Waals surface area contributed by atoms with Gasteiger partial charge in [0, 0.05) is 37.9 Å². The van der Waals surface area contributed by atoms with Crippen LogP contribution < -0.4 is 0 Å². The van der Waals surface area contributed by atoms with Crippen LogP contribution in [0.3, 0.4) is 0 Å². The minimum absolute atomic E-state index is 0.0201. The summed E-state index contributed by atoms with van der Waals surface area (Å²) in [5.41, 5.74) is 1.52. The molecule has 0 aromatic heterocycles. The van der Waals surface area contributed by atoms with Crippen molar-refractivity contribution in [2.24, 2.45) is 5.92 Å². The van der Waals surface area contributed by atoms with E-state index in [0.717, 1.165) is 70.7 Å². The molecule has 164 valence electrons. The van der Waals surface area contributed by atoms with Gasteiger partial charge in [0.2, 0.25) is 0 Å². The summed E-state index contributed by atoms with van der Waals surface area (Å²) >= 11 is 0. The number of hydrogen-bond donors (Lipinski definition) is 0. The Morgan fingerprint density at radius 2 is 1.67 bits per heavy atom. The van der Waals surface area contributed by atoms with Crippen LogP contribution in [0.25, 0.3) is 0 Å². The predicted octanol–water partition coefficient (Wildman–Crippen LogP) is 4.08. The van der Waals surface area contributed by atoms with Gasteiger partial charge in [-0.25, -0.2) is 4.79 Å². The minimum atomic E-state index is 0.0201. The fourth-order valence-corrected chi connectivity index (χ4v) is 6.24. The molecule has 0 radical (unpaired) electrons. The Labute approximate surface area is 181 Å². The van der Waals surface area contributed by atoms with Crippen LogP contribution in [0.5, 0.6) is 0 Å². The molecule has 2 aliphatic heterocycles. The monoisotopic (exact) mass is 411 g/mol. The number of carbonyl (C=O) groups is 1. The van der Waals surface area contributed by atoms with E-state index in [1.54, 1.807) is 0 Å². The van der Waals surface area contributed by atoms with Crippen molar-refractivity contribution in [3.05, 3.63) is 35.9 Å². The first-order chi connectivity index (χ1) is 14.5. The lowest BCUT2D eigenvalue weighted by atomic mass is 9.68. The highest BCUT2D eigenvalue weighted by atomic mass is 16.5. The van der Waals surface area contributed by atoms with Crippen LogP contribution in [-0.4, -0.2) is 72.7 Å². The van der Waals surface area contributed by atoms with Crippen LogP contribution in [0.1, 0.15) is 56.9 Å². The van der Waals surface area contributed by atoms with Gasteiger partial charge in [-0.05, 0) is 76.9 Å². The molecule has 1 aromatic carbocycles. The van der Waals surface area contributed by atoms with Crippen LogP contribution in [-0.2, 0) is 10.3 Å². The second kappa shape index (κ2) is 7.83. The third kappa shape index (κ3) is 3.44. The third-order valence-electron chi connectivity index (χ3n) is 8.46. The summed E-state index contributed by atoms with van der Waals surface area (Å²) in [7, 11) is 4.45. The van der Waals surface area contributed by atoms with Gasteiger partial charge in [0.15, 0.2) is 0 Å². The maximum Gasteiger partial charge on any atom is 0.320 e. The zero-order valence-electron chi connectivity index (χ0n) is 18.7. The van der Waals surface area contributed by atoms with Gasteiger partial charge >= 0.3 is 6.03 Å². The molecule has 4 aliphatic rings.